The molecule has 0 N–H and O–H groups in total. The third kappa shape index (κ3) is 4.99. The van der Waals surface area contributed by atoms with Gasteiger partial charge in [-0.2, -0.15) is 0 Å². The van der Waals surface area contributed by atoms with E-state index in [9.17, 15) is 0 Å². The monoisotopic (exact) mass is 436 g/mol. The number of aromatic nitrogens is 2. The minimum absolute atomic E-state index is 0.103. The minimum atomic E-state index is -0.103. The summed E-state index contributed by atoms with van der Waals surface area (Å²) in [5.74, 6) is 2.06. The first-order valence-corrected chi connectivity index (χ1v) is 12.5. The van der Waals surface area contributed by atoms with Gasteiger partial charge in [0.15, 0.2) is 5.82 Å². The van der Waals surface area contributed by atoms with Gasteiger partial charge in [0, 0.05) is 49.5 Å². The summed E-state index contributed by atoms with van der Waals surface area (Å²) >= 11 is 0. The Hall–Kier alpha value is -1.98. The molecular weight excluding hydrogens is 396 g/mol. The van der Waals surface area contributed by atoms with Crippen molar-refractivity contribution in [3.63, 3.8) is 0 Å². The molecule has 2 aliphatic heterocycles. The highest BCUT2D eigenvalue weighted by Gasteiger charge is 2.29. The lowest BCUT2D eigenvalue weighted by Crippen LogP contribution is -2.48. The SMILES string of the molecule is CCc1cccc(CC)c1-c1nc(C)c(CN2CCOC(C)(C)C2)c(N2CCCCC2)n1. The maximum Gasteiger partial charge on any atom is 0.162 e. The predicted octanol–water partition coefficient (Wildman–Crippen LogP) is 5.18. The van der Waals surface area contributed by atoms with Crippen LogP contribution in [0.2, 0.25) is 0 Å². The van der Waals surface area contributed by atoms with Crippen LogP contribution in [-0.2, 0) is 24.1 Å². The van der Waals surface area contributed by atoms with Crippen LogP contribution >= 0.6 is 0 Å². The van der Waals surface area contributed by atoms with Crippen LogP contribution in [0.3, 0.4) is 0 Å². The molecule has 0 spiro atoms. The Morgan fingerprint density at radius 3 is 2.28 bits per heavy atom. The van der Waals surface area contributed by atoms with Crippen LogP contribution in [0.5, 0.6) is 0 Å². The molecule has 0 aliphatic carbocycles. The average Bonchev–Trinajstić information content (AvgIpc) is 2.79. The van der Waals surface area contributed by atoms with E-state index in [0.717, 1.165) is 69.5 Å². The Balaban J connectivity index is 1.78. The van der Waals surface area contributed by atoms with Crippen LogP contribution in [0.15, 0.2) is 18.2 Å². The summed E-state index contributed by atoms with van der Waals surface area (Å²) in [6.45, 7) is 16.8. The zero-order valence-electron chi connectivity index (χ0n) is 20.7. The Bertz CT molecular complexity index is 911. The molecule has 0 bridgehead atoms. The molecule has 174 valence electrons. The summed E-state index contributed by atoms with van der Waals surface area (Å²) in [5.41, 5.74) is 6.24. The van der Waals surface area contributed by atoms with Gasteiger partial charge in [-0.25, -0.2) is 9.97 Å². The zero-order valence-corrected chi connectivity index (χ0v) is 20.7. The van der Waals surface area contributed by atoms with E-state index >= 15 is 0 Å². The third-order valence-corrected chi connectivity index (χ3v) is 6.96. The zero-order chi connectivity index (χ0) is 22.7. The van der Waals surface area contributed by atoms with Gasteiger partial charge in [-0.15, -0.1) is 0 Å². The lowest BCUT2D eigenvalue weighted by atomic mass is 9.96. The number of morpholine rings is 1. The van der Waals surface area contributed by atoms with Crippen molar-refractivity contribution in [2.24, 2.45) is 0 Å². The van der Waals surface area contributed by atoms with Crippen LogP contribution in [-0.4, -0.2) is 53.3 Å². The molecule has 2 aromatic rings. The van der Waals surface area contributed by atoms with Crippen molar-refractivity contribution in [1.29, 1.82) is 0 Å². The maximum atomic E-state index is 5.95. The van der Waals surface area contributed by atoms with Crippen LogP contribution in [0.1, 0.15) is 69.3 Å². The van der Waals surface area contributed by atoms with E-state index in [4.69, 9.17) is 14.7 Å². The molecule has 2 fully saturated rings. The molecule has 0 amide bonds. The van der Waals surface area contributed by atoms with Gasteiger partial charge in [-0.1, -0.05) is 32.0 Å². The molecule has 2 aliphatic rings. The Morgan fingerprint density at radius 2 is 1.66 bits per heavy atom. The first-order chi connectivity index (χ1) is 15.4. The molecular formula is C27H40N4O. The second-order valence-corrected chi connectivity index (χ2v) is 9.96. The van der Waals surface area contributed by atoms with E-state index in [1.165, 1.54) is 41.5 Å². The number of hydrogen-bond acceptors (Lipinski definition) is 5. The maximum absolute atomic E-state index is 5.95. The fraction of sp³-hybridized carbons (Fsp3) is 0.630. The van der Waals surface area contributed by atoms with Gasteiger partial charge in [0.1, 0.15) is 5.82 Å². The van der Waals surface area contributed by atoms with Crippen molar-refractivity contribution in [1.82, 2.24) is 14.9 Å². The van der Waals surface area contributed by atoms with Gasteiger partial charge in [0.05, 0.1) is 12.2 Å². The molecule has 0 unspecified atom stereocenters. The van der Waals surface area contributed by atoms with Crippen LogP contribution in [0.4, 0.5) is 5.82 Å². The number of benzene rings is 1. The molecule has 32 heavy (non-hydrogen) atoms. The molecule has 0 saturated carbocycles. The normalized spacial score (nSPS) is 19.3. The number of anilines is 1. The standard InChI is InChI=1S/C27H40N4O/c1-6-21-12-11-13-22(7-2)24(21)25-28-20(3)23(18-30-16-17-32-27(4,5)19-30)26(29-25)31-14-9-8-10-15-31/h11-13H,6-10,14-19H2,1-5H3. The number of nitrogens with zero attached hydrogens (tertiary/aromatic N) is 4. The second kappa shape index (κ2) is 9.88. The molecule has 2 saturated heterocycles. The summed E-state index contributed by atoms with van der Waals surface area (Å²) in [4.78, 5) is 15.5. The van der Waals surface area contributed by atoms with Crippen molar-refractivity contribution < 1.29 is 4.74 Å². The molecule has 0 atom stereocenters. The molecule has 3 heterocycles. The highest BCUT2D eigenvalue weighted by Crippen LogP contribution is 2.32. The van der Waals surface area contributed by atoms with E-state index in [-0.39, 0.29) is 5.60 Å². The molecule has 0 radical (unpaired) electrons. The van der Waals surface area contributed by atoms with E-state index in [0.29, 0.717) is 0 Å². The van der Waals surface area contributed by atoms with Crippen molar-refractivity contribution in [2.75, 3.05) is 37.7 Å². The second-order valence-electron chi connectivity index (χ2n) is 9.96. The van der Waals surface area contributed by atoms with Gasteiger partial charge in [0.2, 0.25) is 0 Å². The van der Waals surface area contributed by atoms with Crippen molar-refractivity contribution in [2.45, 2.75) is 78.9 Å². The minimum Gasteiger partial charge on any atom is -0.373 e. The van der Waals surface area contributed by atoms with Crippen molar-refractivity contribution >= 4 is 5.82 Å². The first-order valence-electron chi connectivity index (χ1n) is 12.5. The highest BCUT2D eigenvalue weighted by molar-refractivity contribution is 5.68. The van der Waals surface area contributed by atoms with Gasteiger partial charge in [-0.05, 0) is 64.0 Å². The molecule has 1 aromatic heterocycles. The highest BCUT2D eigenvalue weighted by atomic mass is 16.5. The quantitative estimate of drug-likeness (QED) is 0.624. The van der Waals surface area contributed by atoms with Crippen LogP contribution < -0.4 is 4.90 Å². The van der Waals surface area contributed by atoms with E-state index < -0.39 is 0 Å². The number of rotatable bonds is 6. The molecule has 5 heteroatoms. The van der Waals surface area contributed by atoms with Gasteiger partial charge in [-0.3, -0.25) is 4.90 Å². The van der Waals surface area contributed by atoms with Crippen LogP contribution in [0.25, 0.3) is 11.4 Å². The summed E-state index contributed by atoms with van der Waals surface area (Å²) in [5, 5.41) is 0. The van der Waals surface area contributed by atoms with E-state index in [1.54, 1.807) is 0 Å². The topological polar surface area (TPSA) is 41.5 Å². The van der Waals surface area contributed by atoms with Gasteiger partial charge >= 0.3 is 0 Å². The fourth-order valence-electron chi connectivity index (χ4n) is 5.25. The molecule has 4 rings (SSSR count). The predicted molar refractivity (Wildman–Crippen MR) is 132 cm³/mol. The van der Waals surface area contributed by atoms with Gasteiger partial charge in [0.25, 0.3) is 0 Å². The number of hydrogen-bond donors (Lipinski definition) is 0. The third-order valence-electron chi connectivity index (χ3n) is 6.96. The van der Waals surface area contributed by atoms with Gasteiger partial charge < -0.3 is 9.64 Å². The van der Waals surface area contributed by atoms with E-state index in [2.05, 4.69) is 62.6 Å². The lowest BCUT2D eigenvalue weighted by molar-refractivity contribution is -0.0883. The molecule has 1 aromatic carbocycles. The lowest BCUT2D eigenvalue weighted by Gasteiger charge is -2.39. The summed E-state index contributed by atoms with van der Waals surface area (Å²) in [6.07, 6.45) is 5.80. The fourth-order valence-corrected chi connectivity index (χ4v) is 5.25. The van der Waals surface area contributed by atoms with Crippen LogP contribution in [0, 0.1) is 6.92 Å². The Kier molecular flexibility index (Phi) is 7.16. The largest absolute Gasteiger partial charge is 0.373 e. The molecule has 5 nitrogen and oxygen atoms in total. The number of aryl methyl sites for hydroxylation is 3. The van der Waals surface area contributed by atoms with Crippen molar-refractivity contribution in [3.8, 4) is 11.4 Å². The smallest absolute Gasteiger partial charge is 0.162 e. The summed E-state index contributed by atoms with van der Waals surface area (Å²) in [7, 11) is 0. The summed E-state index contributed by atoms with van der Waals surface area (Å²) < 4.78 is 5.95. The van der Waals surface area contributed by atoms with E-state index in [1.807, 2.05) is 0 Å². The van der Waals surface area contributed by atoms with Crippen molar-refractivity contribution in [3.05, 3.63) is 40.6 Å². The average molecular weight is 437 g/mol. The Morgan fingerprint density at radius 1 is 0.969 bits per heavy atom. The first kappa shape index (κ1) is 23.2. The number of piperidine rings is 1. The summed E-state index contributed by atoms with van der Waals surface area (Å²) in [6, 6.07) is 6.64. The Labute approximate surface area is 194 Å². The number of ether oxygens (including phenoxy) is 1.